The number of anilines is 1. The van der Waals surface area contributed by atoms with E-state index in [1.165, 1.54) is 0 Å². The molecule has 3 rings (SSSR count). The molecule has 1 fully saturated rings. The fourth-order valence-electron chi connectivity index (χ4n) is 2.57. The van der Waals surface area contributed by atoms with Crippen LogP contribution in [-0.2, 0) is 9.53 Å². The number of ether oxygens (including phenoxy) is 1. The zero-order chi connectivity index (χ0) is 14.8. The fraction of sp³-hybridized carbons (Fsp3) is 0.333. The standard InChI is InChI=1S/C15H16ClN3O2/c1-17-13-8-21-7-11(13)15(20)19-12-6-10(16)5-9-3-2-4-18-14(9)12/h2-6,11,13,17H,7-8H2,1H3,(H,19,20). The fourth-order valence-corrected chi connectivity index (χ4v) is 2.80. The number of hydrogen-bond acceptors (Lipinski definition) is 4. The molecule has 2 N–H and O–H groups in total. The quantitative estimate of drug-likeness (QED) is 0.911. The highest BCUT2D eigenvalue weighted by Crippen LogP contribution is 2.27. The maximum Gasteiger partial charge on any atom is 0.231 e. The van der Waals surface area contributed by atoms with Crippen LogP contribution in [0.5, 0.6) is 0 Å². The van der Waals surface area contributed by atoms with Gasteiger partial charge in [-0.15, -0.1) is 0 Å². The van der Waals surface area contributed by atoms with Crippen LogP contribution in [0.2, 0.25) is 5.02 Å². The van der Waals surface area contributed by atoms with E-state index in [9.17, 15) is 4.79 Å². The van der Waals surface area contributed by atoms with Gasteiger partial charge in [-0.3, -0.25) is 9.78 Å². The van der Waals surface area contributed by atoms with Crippen molar-refractivity contribution in [2.24, 2.45) is 5.92 Å². The number of rotatable bonds is 3. The van der Waals surface area contributed by atoms with Gasteiger partial charge in [0.25, 0.3) is 0 Å². The Labute approximate surface area is 127 Å². The third-order valence-corrected chi connectivity index (χ3v) is 3.93. The Kier molecular flexibility index (Phi) is 4.05. The molecule has 1 amide bonds. The first-order chi connectivity index (χ1) is 10.2. The van der Waals surface area contributed by atoms with Crippen molar-refractivity contribution in [3.8, 4) is 0 Å². The molecule has 0 spiro atoms. The Bertz CT molecular complexity index is 677. The Balaban J connectivity index is 1.89. The number of halogens is 1. The van der Waals surface area contributed by atoms with Gasteiger partial charge in [-0.05, 0) is 25.2 Å². The first kappa shape index (κ1) is 14.3. The summed E-state index contributed by atoms with van der Waals surface area (Å²) in [6.45, 7) is 0.965. The molecule has 1 aromatic heterocycles. The summed E-state index contributed by atoms with van der Waals surface area (Å²) in [5.41, 5.74) is 1.36. The number of aromatic nitrogens is 1. The van der Waals surface area contributed by atoms with E-state index in [1.54, 1.807) is 12.3 Å². The van der Waals surface area contributed by atoms with Gasteiger partial charge in [0, 0.05) is 22.6 Å². The SMILES string of the molecule is CNC1COCC1C(=O)Nc1cc(Cl)cc2cccnc12. The lowest BCUT2D eigenvalue weighted by Gasteiger charge is -2.17. The number of carbonyl (C=O) groups is 1. The summed E-state index contributed by atoms with van der Waals surface area (Å²) in [5, 5.41) is 7.49. The van der Waals surface area contributed by atoms with Crippen molar-refractivity contribution >= 4 is 34.1 Å². The number of benzene rings is 1. The molecule has 2 atom stereocenters. The van der Waals surface area contributed by atoms with Gasteiger partial charge in [0.2, 0.25) is 5.91 Å². The molecular formula is C15H16ClN3O2. The van der Waals surface area contributed by atoms with Gasteiger partial charge in [0.1, 0.15) is 0 Å². The van der Waals surface area contributed by atoms with Gasteiger partial charge in [0.15, 0.2) is 0 Å². The van der Waals surface area contributed by atoms with Crippen LogP contribution in [0.15, 0.2) is 30.5 Å². The second-order valence-corrected chi connectivity index (χ2v) is 5.49. The van der Waals surface area contributed by atoms with Crippen molar-refractivity contribution in [2.45, 2.75) is 6.04 Å². The van der Waals surface area contributed by atoms with Gasteiger partial charge in [-0.25, -0.2) is 0 Å². The summed E-state index contributed by atoms with van der Waals surface area (Å²) in [6.07, 6.45) is 1.70. The lowest BCUT2D eigenvalue weighted by atomic mass is 10.0. The summed E-state index contributed by atoms with van der Waals surface area (Å²) < 4.78 is 5.37. The Morgan fingerprint density at radius 3 is 3.10 bits per heavy atom. The number of amides is 1. The van der Waals surface area contributed by atoms with Crippen molar-refractivity contribution in [1.29, 1.82) is 0 Å². The van der Waals surface area contributed by atoms with Crippen LogP contribution in [-0.4, -0.2) is 37.2 Å². The molecule has 2 unspecified atom stereocenters. The molecule has 1 aromatic carbocycles. The van der Waals surface area contributed by atoms with Crippen LogP contribution < -0.4 is 10.6 Å². The number of fused-ring (bicyclic) bond motifs is 1. The lowest BCUT2D eigenvalue weighted by Crippen LogP contribution is -2.39. The van der Waals surface area contributed by atoms with Gasteiger partial charge in [-0.2, -0.15) is 0 Å². The van der Waals surface area contributed by atoms with Crippen LogP contribution in [0.3, 0.4) is 0 Å². The molecule has 0 saturated carbocycles. The molecule has 0 radical (unpaired) electrons. The average molecular weight is 306 g/mol. The van der Waals surface area contributed by atoms with E-state index in [1.807, 2.05) is 25.2 Å². The monoisotopic (exact) mass is 305 g/mol. The molecule has 110 valence electrons. The van der Waals surface area contributed by atoms with E-state index in [2.05, 4.69) is 15.6 Å². The Morgan fingerprint density at radius 2 is 2.29 bits per heavy atom. The number of carbonyl (C=O) groups excluding carboxylic acids is 1. The van der Waals surface area contributed by atoms with Gasteiger partial charge >= 0.3 is 0 Å². The first-order valence-electron chi connectivity index (χ1n) is 6.79. The third kappa shape index (κ3) is 2.85. The van der Waals surface area contributed by atoms with E-state index in [4.69, 9.17) is 16.3 Å². The summed E-state index contributed by atoms with van der Waals surface area (Å²) in [7, 11) is 1.83. The number of pyridine rings is 1. The highest BCUT2D eigenvalue weighted by atomic mass is 35.5. The summed E-state index contributed by atoms with van der Waals surface area (Å²) in [5.74, 6) is -0.297. The topological polar surface area (TPSA) is 63.2 Å². The molecule has 1 aliphatic heterocycles. The zero-order valence-corrected chi connectivity index (χ0v) is 12.4. The molecule has 2 aromatic rings. The predicted molar refractivity (Wildman–Crippen MR) is 82.5 cm³/mol. The molecule has 1 saturated heterocycles. The van der Waals surface area contributed by atoms with Crippen molar-refractivity contribution < 1.29 is 9.53 Å². The van der Waals surface area contributed by atoms with Crippen LogP contribution in [0.25, 0.3) is 10.9 Å². The van der Waals surface area contributed by atoms with Crippen molar-refractivity contribution in [3.05, 3.63) is 35.5 Å². The smallest absolute Gasteiger partial charge is 0.231 e. The third-order valence-electron chi connectivity index (χ3n) is 3.72. The molecule has 2 heterocycles. The predicted octanol–water partition coefficient (Wildman–Crippen LogP) is 2.06. The largest absolute Gasteiger partial charge is 0.379 e. The van der Waals surface area contributed by atoms with E-state index >= 15 is 0 Å². The molecule has 1 aliphatic rings. The molecule has 6 heteroatoms. The van der Waals surface area contributed by atoms with Crippen LogP contribution in [0.4, 0.5) is 5.69 Å². The molecular weight excluding hydrogens is 290 g/mol. The Hall–Kier alpha value is -1.69. The number of hydrogen-bond donors (Lipinski definition) is 2. The van der Waals surface area contributed by atoms with Crippen LogP contribution >= 0.6 is 11.6 Å². The summed E-state index contributed by atoms with van der Waals surface area (Å²) in [6, 6.07) is 7.34. The van der Waals surface area contributed by atoms with Gasteiger partial charge < -0.3 is 15.4 Å². The van der Waals surface area contributed by atoms with Crippen molar-refractivity contribution in [3.63, 3.8) is 0 Å². The number of likely N-dealkylation sites (N-methyl/N-ethyl adjacent to an activating group) is 1. The second-order valence-electron chi connectivity index (χ2n) is 5.06. The maximum atomic E-state index is 12.4. The van der Waals surface area contributed by atoms with Crippen molar-refractivity contribution in [1.82, 2.24) is 10.3 Å². The summed E-state index contributed by atoms with van der Waals surface area (Å²) >= 11 is 6.11. The van der Waals surface area contributed by atoms with E-state index in [0.29, 0.717) is 23.9 Å². The zero-order valence-electron chi connectivity index (χ0n) is 11.6. The van der Waals surface area contributed by atoms with Crippen LogP contribution in [0.1, 0.15) is 0 Å². The first-order valence-corrected chi connectivity index (χ1v) is 7.17. The summed E-state index contributed by atoms with van der Waals surface area (Å²) in [4.78, 5) is 16.8. The molecule has 0 bridgehead atoms. The lowest BCUT2D eigenvalue weighted by molar-refractivity contribution is -0.120. The Morgan fingerprint density at radius 1 is 1.43 bits per heavy atom. The van der Waals surface area contributed by atoms with Gasteiger partial charge in [0.05, 0.1) is 30.3 Å². The highest BCUT2D eigenvalue weighted by molar-refractivity contribution is 6.32. The second kappa shape index (κ2) is 5.97. The molecule has 21 heavy (non-hydrogen) atoms. The minimum atomic E-state index is -0.215. The van der Waals surface area contributed by atoms with E-state index in [0.717, 1.165) is 10.9 Å². The van der Waals surface area contributed by atoms with Gasteiger partial charge in [-0.1, -0.05) is 17.7 Å². The minimum absolute atomic E-state index is 0.0309. The highest BCUT2D eigenvalue weighted by Gasteiger charge is 2.33. The number of nitrogens with zero attached hydrogens (tertiary/aromatic N) is 1. The molecule has 0 aliphatic carbocycles. The van der Waals surface area contributed by atoms with Crippen molar-refractivity contribution in [2.75, 3.05) is 25.6 Å². The minimum Gasteiger partial charge on any atom is -0.379 e. The van der Waals surface area contributed by atoms with E-state index < -0.39 is 0 Å². The average Bonchev–Trinajstić information content (AvgIpc) is 2.95. The van der Waals surface area contributed by atoms with Crippen LogP contribution in [0, 0.1) is 5.92 Å². The number of nitrogens with one attached hydrogen (secondary N) is 2. The molecule has 5 nitrogen and oxygen atoms in total. The maximum absolute atomic E-state index is 12.4. The normalized spacial score (nSPS) is 21.6. The van der Waals surface area contributed by atoms with E-state index in [-0.39, 0.29) is 17.9 Å².